The molecule has 1 amide bonds. The Kier molecular flexibility index (Phi) is 3.33. The zero-order valence-electron chi connectivity index (χ0n) is 10.2. The van der Waals surface area contributed by atoms with E-state index < -0.39 is 0 Å². The van der Waals surface area contributed by atoms with Crippen molar-refractivity contribution in [1.29, 1.82) is 0 Å². The summed E-state index contributed by atoms with van der Waals surface area (Å²) in [7, 11) is 0. The van der Waals surface area contributed by atoms with E-state index in [4.69, 9.17) is 5.73 Å². The predicted octanol–water partition coefficient (Wildman–Crippen LogP) is 0.337. The smallest absolute Gasteiger partial charge is 0.256 e. The van der Waals surface area contributed by atoms with Gasteiger partial charge < -0.3 is 16.4 Å². The first-order chi connectivity index (χ1) is 8.13. The largest absolute Gasteiger partial charge is 0.370 e. The van der Waals surface area contributed by atoms with Gasteiger partial charge in [-0.25, -0.2) is 4.68 Å². The first-order valence-electron chi connectivity index (χ1n) is 5.95. The lowest BCUT2D eigenvalue weighted by molar-refractivity contribution is 0.0943. The molecule has 94 valence electrons. The number of rotatable bonds is 3. The van der Waals surface area contributed by atoms with Gasteiger partial charge >= 0.3 is 0 Å². The second kappa shape index (κ2) is 4.75. The Labute approximate surface area is 101 Å². The van der Waals surface area contributed by atoms with Gasteiger partial charge in [0.05, 0.1) is 12.2 Å². The number of nitrogens with zero attached hydrogens (tertiary/aromatic N) is 2. The van der Waals surface area contributed by atoms with Gasteiger partial charge in [0.25, 0.3) is 5.91 Å². The SMILES string of the molecule is CC(C)NC(=O)c1cnn2c1NCCC2CN. The van der Waals surface area contributed by atoms with Crippen LogP contribution < -0.4 is 16.4 Å². The van der Waals surface area contributed by atoms with Crippen LogP contribution in [0.4, 0.5) is 5.82 Å². The van der Waals surface area contributed by atoms with Crippen molar-refractivity contribution in [2.75, 3.05) is 18.4 Å². The van der Waals surface area contributed by atoms with Crippen LogP contribution in [0.1, 0.15) is 36.7 Å². The molecule has 0 saturated carbocycles. The summed E-state index contributed by atoms with van der Waals surface area (Å²) in [5, 5.41) is 10.3. The number of anilines is 1. The van der Waals surface area contributed by atoms with Crippen molar-refractivity contribution in [3.05, 3.63) is 11.8 Å². The maximum atomic E-state index is 11.9. The van der Waals surface area contributed by atoms with Crippen LogP contribution in [-0.2, 0) is 0 Å². The Morgan fingerprint density at radius 2 is 2.53 bits per heavy atom. The Hall–Kier alpha value is -1.56. The summed E-state index contributed by atoms with van der Waals surface area (Å²) in [6.07, 6.45) is 2.55. The molecule has 17 heavy (non-hydrogen) atoms. The van der Waals surface area contributed by atoms with Crippen LogP contribution in [0.3, 0.4) is 0 Å². The topological polar surface area (TPSA) is 85.0 Å². The normalized spacial score (nSPS) is 18.7. The summed E-state index contributed by atoms with van der Waals surface area (Å²) in [5.41, 5.74) is 6.29. The summed E-state index contributed by atoms with van der Waals surface area (Å²) in [6, 6.07) is 0.304. The fourth-order valence-corrected chi connectivity index (χ4v) is 2.02. The predicted molar refractivity (Wildman–Crippen MR) is 66.0 cm³/mol. The van der Waals surface area contributed by atoms with Gasteiger partial charge in [0.1, 0.15) is 11.4 Å². The number of aromatic nitrogens is 2. The number of hydrogen-bond acceptors (Lipinski definition) is 4. The van der Waals surface area contributed by atoms with Gasteiger partial charge in [-0.1, -0.05) is 0 Å². The highest BCUT2D eigenvalue weighted by atomic mass is 16.1. The van der Waals surface area contributed by atoms with Crippen molar-refractivity contribution >= 4 is 11.7 Å². The maximum absolute atomic E-state index is 11.9. The molecule has 1 aromatic heterocycles. The summed E-state index contributed by atoms with van der Waals surface area (Å²) in [6.45, 7) is 5.24. The first kappa shape index (κ1) is 11.9. The molecule has 0 saturated heterocycles. The van der Waals surface area contributed by atoms with E-state index in [9.17, 15) is 4.79 Å². The number of nitrogens with two attached hydrogens (primary N) is 1. The van der Waals surface area contributed by atoms with E-state index in [1.807, 2.05) is 18.5 Å². The molecule has 0 aliphatic carbocycles. The monoisotopic (exact) mass is 237 g/mol. The van der Waals surface area contributed by atoms with E-state index in [0.29, 0.717) is 12.1 Å². The molecule has 4 N–H and O–H groups in total. The Morgan fingerprint density at radius 3 is 3.18 bits per heavy atom. The highest BCUT2D eigenvalue weighted by molar-refractivity contribution is 5.98. The summed E-state index contributed by atoms with van der Waals surface area (Å²) >= 11 is 0. The molecule has 2 rings (SSSR count). The molecule has 2 heterocycles. The van der Waals surface area contributed by atoms with Crippen molar-refractivity contribution in [3.8, 4) is 0 Å². The van der Waals surface area contributed by atoms with E-state index >= 15 is 0 Å². The van der Waals surface area contributed by atoms with Crippen molar-refractivity contribution in [2.24, 2.45) is 5.73 Å². The van der Waals surface area contributed by atoms with E-state index in [1.54, 1.807) is 6.20 Å². The van der Waals surface area contributed by atoms with Crippen LogP contribution in [0, 0.1) is 0 Å². The van der Waals surface area contributed by atoms with Crippen LogP contribution >= 0.6 is 0 Å². The fourth-order valence-electron chi connectivity index (χ4n) is 2.02. The minimum Gasteiger partial charge on any atom is -0.370 e. The number of carbonyl (C=O) groups is 1. The van der Waals surface area contributed by atoms with E-state index in [0.717, 1.165) is 18.8 Å². The number of fused-ring (bicyclic) bond motifs is 1. The molecule has 6 heteroatoms. The third kappa shape index (κ3) is 2.26. The lowest BCUT2D eigenvalue weighted by Crippen LogP contribution is -2.32. The minimum absolute atomic E-state index is 0.0913. The minimum atomic E-state index is -0.0913. The van der Waals surface area contributed by atoms with Gasteiger partial charge in [0.15, 0.2) is 0 Å². The zero-order chi connectivity index (χ0) is 12.4. The van der Waals surface area contributed by atoms with Gasteiger partial charge in [0, 0.05) is 19.1 Å². The highest BCUT2D eigenvalue weighted by Gasteiger charge is 2.25. The molecule has 0 radical (unpaired) electrons. The van der Waals surface area contributed by atoms with E-state index in [-0.39, 0.29) is 18.0 Å². The van der Waals surface area contributed by atoms with Crippen LogP contribution in [0.15, 0.2) is 6.20 Å². The van der Waals surface area contributed by atoms with E-state index in [1.165, 1.54) is 0 Å². The third-order valence-electron chi connectivity index (χ3n) is 2.85. The number of amides is 1. The van der Waals surface area contributed by atoms with Crippen LogP contribution in [-0.4, -0.2) is 34.8 Å². The summed E-state index contributed by atoms with van der Waals surface area (Å²) in [4.78, 5) is 11.9. The number of carbonyl (C=O) groups excluding carboxylic acids is 1. The summed E-state index contributed by atoms with van der Waals surface area (Å²) in [5.74, 6) is 0.691. The second-order valence-electron chi connectivity index (χ2n) is 4.58. The molecule has 1 atom stereocenters. The average molecular weight is 237 g/mol. The zero-order valence-corrected chi connectivity index (χ0v) is 10.2. The molecule has 1 unspecified atom stereocenters. The Morgan fingerprint density at radius 1 is 1.76 bits per heavy atom. The van der Waals surface area contributed by atoms with Gasteiger partial charge in [-0.2, -0.15) is 5.10 Å². The first-order valence-corrected chi connectivity index (χ1v) is 5.95. The van der Waals surface area contributed by atoms with Crippen LogP contribution in [0.2, 0.25) is 0 Å². The molecule has 1 aliphatic rings. The number of nitrogens with one attached hydrogen (secondary N) is 2. The quantitative estimate of drug-likeness (QED) is 0.707. The van der Waals surface area contributed by atoms with Crippen LogP contribution in [0.25, 0.3) is 0 Å². The summed E-state index contributed by atoms with van der Waals surface area (Å²) < 4.78 is 1.82. The molecular weight excluding hydrogens is 218 g/mol. The third-order valence-corrected chi connectivity index (χ3v) is 2.85. The van der Waals surface area contributed by atoms with Crippen molar-refractivity contribution in [1.82, 2.24) is 15.1 Å². The average Bonchev–Trinajstić information content (AvgIpc) is 2.71. The van der Waals surface area contributed by atoms with Gasteiger partial charge in [-0.05, 0) is 20.3 Å². The van der Waals surface area contributed by atoms with Gasteiger partial charge in [0.2, 0.25) is 0 Å². The van der Waals surface area contributed by atoms with Crippen molar-refractivity contribution in [2.45, 2.75) is 32.4 Å². The van der Waals surface area contributed by atoms with Crippen molar-refractivity contribution < 1.29 is 4.79 Å². The lowest BCUT2D eigenvalue weighted by Gasteiger charge is -2.25. The van der Waals surface area contributed by atoms with Gasteiger partial charge in [-0.3, -0.25) is 4.79 Å². The molecule has 6 nitrogen and oxygen atoms in total. The highest BCUT2D eigenvalue weighted by Crippen LogP contribution is 2.25. The number of hydrogen-bond donors (Lipinski definition) is 3. The maximum Gasteiger partial charge on any atom is 0.256 e. The molecule has 0 aromatic carbocycles. The van der Waals surface area contributed by atoms with E-state index in [2.05, 4.69) is 15.7 Å². The fraction of sp³-hybridized carbons (Fsp3) is 0.636. The molecule has 0 bridgehead atoms. The van der Waals surface area contributed by atoms with Gasteiger partial charge in [-0.15, -0.1) is 0 Å². The molecule has 0 fully saturated rings. The lowest BCUT2D eigenvalue weighted by atomic mass is 10.1. The molecule has 0 spiro atoms. The van der Waals surface area contributed by atoms with Crippen molar-refractivity contribution in [3.63, 3.8) is 0 Å². The molecular formula is C11H19N5O. The second-order valence-corrected chi connectivity index (χ2v) is 4.58. The Bertz CT molecular complexity index is 412. The molecule has 1 aromatic rings. The van der Waals surface area contributed by atoms with Crippen LogP contribution in [0.5, 0.6) is 0 Å². The Balaban J connectivity index is 2.26. The standard InChI is InChI=1S/C11H19N5O/c1-7(2)15-11(17)9-6-14-16-8(5-12)3-4-13-10(9)16/h6-8,13H,3-5,12H2,1-2H3,(H,15,17). The molecule has 1 aliphatic heterocycles.